The first kappa shape index (κ1) is 37.9. The maximum atomic E-state index is 14.7. The van der Waals surface area contributed by atoms with Crippen molar-refractivity contribution in [2.45, 2.75) is 85.7 Å². The molecule has 0 aliphatic heterocycles. The van der Waals surface area contributed by atoms with E-state index >= 15 is 0 Å². The molecule has 2 amide bonds. The van der Waals surface area contributed by atoms with E-state index in [2.05, 4.69) is 9.97 Å². The summed E-state index contributed by atoms with van der Waals surface area (Å²) < 4.78 is 0.800. The molecule has 2 heterocycles. The van der Waals surface area contributed by atoms with Gasteiger partial charge in [-0.3, -0.25) is 28.8 Å². The molecule has 5 rings (SSSR count). The van der Waals surface area contributed by atoms with Crippen LogP contribution in [0.5, 0.6) is 0 Å². The normalized spacial score (nSPS) is 17.7. The van der Waals surface area contributed by atoms with Gasteiger partial charge in [0.05, 0.1) is 37.3 Å². The van der Waals surface area contributed by atoms with Crippen molar-refractivity contribution in [3.63, 3.8) is 0 Å². The van der Waals surface area contributed by atoms with Crippen molar-refractivity contribution < 1.29 is 39.0 Å². The van der Waals surface area contributed by atoms with Gasteiger partial charge in [-0.1, -0.05) is 38.5 Å². The number of hydrogen-bond acceptors (Lipinski definition) is 12. The van der Waals surface area contributed by atoms with Crippen molar-refractivity contribution in [1.29, 1.82) is 0 Å². The van der Waals surface area contributed by atoms with Gasteiger partial charge >= 0.3 is 11.9 Å². The lowest BCUT2D eigenvalue weighted by Crippen LogP contribution is -2.40. The largest absolute Gasteiger partial charge is 0.481 e. The molecule has 2 fully saturated rings. The molecule has 0 saturated heterocycles. The quantitative estimate of drug-likeness (QED) is 0.172. The van der Waals surface area contributed by atoms with Gasteiger partial charge in [0.1, 0.15) is 0 Å². The third-order valence-corrected chi connectivity index (χ3v) is 13.2. The Balaban J connectivity index is 1.42. The third kappa shape index (κ3) is 9.50. The summed E-state index contributed by atoms with van der Waals surface area (Å²) in [5.74, 6) is -2.74. The molecule has 2 saturated carbocycles. The highest BCUT2D eigenvalue weighted by Crippen LogP contribution is 2.42. The Morgan fingerprint density at radius 3 is 1.38 bits per heavy atom. The molecule has 0 atom stereocenters. The fourth-order valence-corrected chi connectivity index (χ4v) is 10.1. The number of carbonyl (C=O) groups is 6. The van der Waals surface area contributed by atoms with E-state index in [0.717, 1.165) is 87.7 Å². The van der Waals surface area contributed by atoms with E-state index in [-0.39, 0.29) is 59.8 Å². The van der Waals surface area contributed by atoms with E-state index in [0.29, 0.717) is 42.4 Å². The Morgan fingerprint density at radius 2 is 1.04 bits per heavy atom. The monoisotopic (exact) mass is 760 g/mol. The zero-order valence-corrected chi connectivity index (χ0v) is 31.2. The van der Waals surface area contributed by atoms with Crippen LogP contribution in [0.15, 0.2) is 41.7 Å². The number of amides is 2. The average Bonchev–Trinajstić information content (AvgIpc) is 3.71. The maximum absolute atomic E-state index is 14.7. The van der Waals surface area contributed by atoms with Crippen molar-refractivity contribution in [3.05, 3.63) is 44.4 Å². The van der Waals surface area contributed by atoms with Crippen LogP contribution >= 0.6 is 46.2 Å². The van der Waals surface area contributed by atoms with Crippen LogP contribution in [-0.2, 0) is 32.0 Å². The lowest BCUT2D eigenvalue weighted by molar-refractivity contribution is -0.137. The number of rotatable bonds is 12. The van der Waals surface area contributed by atoms with Gasteiger partial charge in [-0.05, 0) is 37.5 Å². The molecule has 50 heavy (non-hydrogen) atoms. The maximum Gasteiger partial charge on any atom is 0.309 e. The van der Waals surface area contributed by atoms with E-state index in [4.69, 9.17) is 10.2 Å². The second-order valence-electron chi connectivity index (χ2n) is 12.9. The Hall–Kier alpha value is -3.34. The SMILES string of the molecule is CN(CC1=C(C2CCCCC2)C(=O)C(CN(C)C(=O)Sc2nc(CC(=O)O)cs2)=C(C2CCCCC2)C1=O)C(=O)Sc1nc(CC(=O)O)cs1. The number of thiazole rings is 2. The number of aliphatic carboxylic acids is 2. The first-order chi connectivity index (χ1) is 23.9. The topological polar surface area (TPSA) is 175 Å². The predicted octanol–water partition coefficient (Wildman–Crippen LogP) is 6.75. The molecule has 16 heteroatoms. The molecule has 0 spiro atoms. The van der Waals surface area contributed by atoms with Crippen molar-refractivity contribution in [2.75, 3.05) is 27.2 Å². The summed E-state index contributed by atoms with van der Waals surface area (Å²) in [5, 5.41) is 20.6. The Labute approximate surface area is 306 Å². The first-order valence-electron chi connectivity index (χ1n) is 16.6. The molecule has 0 bridgehead atoms. The molecule has 2 aromatic heterocycles. The van der Waals surface area contributed by atoms with Crippen molar-refractivity contribution >= 4 is 80.2 Å². The van der Waals surface area contributed by atoms with Crippen LogP contribution < -0.4 is 0 Å². The van der Waals surface area contributed by atoms with Gasteiger partial charge < -0.3 is 20.0 Å². The highest BCUT2D eigenvalue weighted by atomic mass is 32.2. The summed E-state index contributed by atoms with van der Waals surface area (Å²) >= 11 is 4.08. The number of thioether (sulfide) groups is 2. The zero-order chi connectivity index (χ0) is 35.9. The third-order valence-electron chi connectivity index (χ3n) is 9.20. The smallest absolute Gasteiger partial charge is 0.309 e. The number of nitrogens with zero attached hydrogens (tertiary/aromatic N) is 4. The molecule has 3 aliphatic carbocycles. The average molecular weight is 761 g/mol. The number of carboxylic acid groups (broad SMARTS) is 2. The lowest BCUT2D eigenvalue weighted by atomic mass is 9.69. The van der Waals surface area contributed by atoms with Gasteiger partial charge in [-0.2, -0.15) is 0 Å². The number of carbonyl (C=O) groups excluding carboxylic acids is 4. The van der Waals surface area contributed by atoms with E-state index in [1.807, 2.05) is 0 Å². The molecular formula is C34H40N4O8S4. The van der Waals surface area contributed by atoms with Crippen LogP contribution in [0, 0.1) is 11.8 Å². The molecule has 3 aliphatic rings. The summed E-state index contributed by atoms with van der Waals surface area (Å²) in [6.45, 7) is -0.0983. The van der Waals surface area contributed by atoms with Gasteiger partial charge in [0.2, 0.25) is 0 Å². The van der Waals surface area contributed by atoms with Gasteiger partial charge in [0, 0.05) is 70.7 Å². The van der Waals surface area contributed by atoms with Crippen LogP contribution in [-0.4, -0.2) is 91.1 Å². The number of aromatic nitrogens is 2. The van der Waals surface area contributed by atoms with E-state index < -0.39 is 11.9 Å². The predicted molar refractivity (Wildman–Crippen MR) is 192 cm³/mol. The van der Waals surface area contributed by atoms with Crippen molar-refractivity contribution in [2.24, 2.45) is 11.8 Å². The minimum Gasteiger partial charge on any atom is -0.481 e. The summed E-state index contributed by atoms with van der Waals surface area (Å²) in [4.78, 5) is 89.8. The number of hydrogen-bond donors (Lipinski definition) is 2. The summed E-state index contributed by atoms with van der Waals surface area (Å²) in [6.07, 6.45) is 8.35. The number of allylic oxidation sites excluding steroid dienone is 2. The first-order valence-corrected chi connectivity index (χ1v) is 20.0. The summed E-state index contributed by atoms with van der Waals surface area (Å²) in [6, 6.07) is 0. The van der Waals surface area contributed by atoms with Crippen molar-refractivity contribution in [3.8, 4) is 0 Å². The van der Waals surface area contributed by atoms with Crippen molar-refractivity contribution in [1.82, 2.24) is 19.8 Å². The second kappa shape index (κ2) is 17.2. The number of Topliss-reactive ketones (excluding diaryl/α,β-unsaturated/α-hetero) is 2. The summed E-state index contributed by atoms with van der Waals surface area (Å²) in [5.41, 5.74) is 2.34. The standard InChI is InChI=1S/C34H40N4O8S4/c1-37(33(45)49-31-35-21(17-47-31)13-25(39)40)15-23-27(19-9-5-3-6-10-19)30(44)24(28(29(23)43)20-11-7-4-8-12-20)16-38(2)34(46)50-32-36-22(18-48-32)14-26(41)42/h17-20H,3-16H2,1-2H3,(H,39,40)(H,41,42). The highest BCUT2D eigenvalue weighted by Gasteiger charge is 2.42. The van der Waals surface area contributed by atoms with Crippen LogP contribution in [0.4, 0.5) is 9.59 Å². The van der Waals surface area contributed by atoms with Gasteiger partial charge in [-0.25, -0.2) is 9.97 Å². The Morgan fingerprint density at radius 1 is 0.680 bits per heavy atom. The molecule has 268 valence electrons. The molecule has 0 radical (unpaired) electrons. The van der Waals surface area contributed by atoms with Gasteiger partial charge in [-0.15, -0.1) is 22.7 Å². The van der Waals surface area contributed by atoms with Gasteiger partial charge in [0.25, 0.3) is 10.5 Å². The molecular weight excluding hydrogens is 721 g/mol. The Kier molecular flexibility index (Phi) is 13.1. The minimum atomic E-state index is -1.01. The minimum absolute atomic E-state index is 0.0492. The molecule has 0 aromatic carbocycles. The van der Waals surface area contributed by atoms with Gasteiger partial charge in [0.15, 0.2) is 20.2 Å². The Bertz CT molecular complexity index is 1590. The van der Waals surface area contributed by atoms with Crippen LogP contribution in [0.3, 0.4) is 0 Å². The molecule has 2 aromatic rings. The van der Waals surface area contributed by atoms with E-state index in [1.165, 1.54) is 32.5 Å². The lowest BCUT2D eigenvalue weighted by Gasteiger charge is -2.35. The molecule has 2 N–H and O–H groups in total. The second-order valence-corrected chi connectivity index (χ2v) is 17.0. The van der Waals surface area contributed by atoms with E-state index in [9.17, 15) is 28.8 Å². The van der Waals surface area contributed by atoms with Crippen LogP contribution in [0.1, 0.15) is 75.6 Å². The molecule has 12 nitrogen and oxygen atoms in total. The number of likely N-dealkylation sites (N-methyl/N-ethyl adjacent to an activating group) is 2. The fourth-order valence-electron chi connectivity index (χ4n) is 6.86. The van der Waals surface area contributed by atoms with Crippen LogP contribution in [0.25, 0.3) is 0 Å². The highest BCUT2D eigenvalue weighted by molar-refractivity contribution is 8.15. The number of ketones is 2. The molecule has 0 unspecified atom stereocenters. The van der Waals surface area contributed by atoms with E-state index in [1.54, 1.807) is 24.9 Å². The summed E-state index contributed by atoms with van der Waals surface area (Å²) in [7, 11) is 3.18. The number of carboxylic acids is 2. The zero-order valence-electron chi connectivity index (χ0n) is 28.0. The fraction of sp³-hybridized carbons (Fsp3) is 0.529. The van der Waals surface area contributed by atoms with Crippen LogP contribution in [0.2, 0.25) is 0 Å².